The average molecular weight is 280 g/mol. The standard InChI is InChI=1S/C12H12N2O4S/c1-8(15)11(7-13)12(16)14-9-3-5-10(6-4-9)19(2,17)18/h3-6,11H,1-2H3,(H,14,16). The Morgan fingerprint density at radius 2 is 1.79 bits per heavy atom. The van der Waals surface area contributed by atoms with Crippen LogP contribution in [-0.4, -0.2) is 26.4 Å². The van der Waals surface area contributed by atoms with E-state index in [4.69, 9.17) is 5.26 Å². The molecule has 1 atom stereocenters. The predicted molar refractivity (Wildman–Crippen MR) is 68.0 cm³/mol. The third kappa shape index (κ3) is 3.89. The highest BCUT2D eigenvalue weighted by molar-refractivity contribution is 7.90. The van der Waals surface area contributed by atoms with E-state index in [0.717, 1.165) is 13.2 Å². The first-order chi connectivity index (χ1) is 8.75. The van der Waals surface area contributed by atoms with Crippen molar-refractivity contribution in [2.24, 2.45) is 5.92 Å². The molecule has 0 aliphatic carbocycles. The maximum absolute atomic E-state index is 11.6. The van der Waals surface area contributed by atoms with Crippen LogP contribution >= 0.6 is 0 Å². The molecule has 1 amide bonds. The summed E-state index contributed by atoms with van der Waals surface area (Å²) >= 11 is 0. The number of amides is 1. The van der Waals surface area contributed by atoms with Crippen molar-refractivity contribution in [3.8, 4) is 6.07 Å². The molecule has 0 heterocycles. The van der Waals surface area contributed by atoms with Crippen LogP contribution in [0.3, 0.4) is 0 Å². The van der Waals surface area contributed by atoms with Crippen molar-refractivity contribution >= 4 is 27.2 Å². The number of anilines is 1. The summed E-state index contributed by atoms with van der Waals surface area (Å²) in [5.41, 5.74) is 0.318. The van der Waals surface area contributed by atoms with Gasteiger partial charge in [0.25, 0.3) is 0 Å². The number of rotatable bonds is 4. The summed E-state index contributed by atoms with van der Waals surface area (Å²) in [6.07, 6.45) is 1.07. The summed E-state index contributed by atoms with van der Waals surface area (Å²) in [6, 6.07) is 7.05. The van der Waals surface area contributed by atoms with Gasteiger partial charge in [-0.2, -0.15) is 5.26 Å². The lowest BCUT2D eigenvalue weighted by molar-refractivity contribution is -0.127. The number of ketones is 1. The lowest BCUT2D eigenvalue weighted by Crippen LogP contribution is -2.26. The molecule has 0 saturated heterocycles. The molecule has 1 rings (SSSR count). The Kier molecular flexibility index (Phi) is 4.40. The lowest BCUT2D eigenvalue weighted by atomic mass is 10.1. The second-order valence-corrected chi connectivity index (χ2v) is 5.97. The van der Waals surface area contributed by atoms with Gasteiger partial charge in [0, 0.05) is 11.9 Å². The SMILES string of the molecule is CC(=O)C(C#N)C(=O)Nc1ccc(S(C)(=O)=O)cc1. The Bertz CT molecular complexity index is 641. The number of nitrogens with one attached hydrogen (secondary N) is 1. The van der Waals surface area contributed by atoms with Crippen LogP contribution in [0.15, 0.2) is 29.2 Å². The number of carbonyl (C=O) groups excluding carboxylic acids is 2. The van der Waals surface area contributed by atoms with Gasteiger partial charge in [0.05, 0.1) is 11.0 Å². The number of benzene rings is 1. The van der Waals surface area contributed by atoms with E-state index in [1.165, 1.54) is 24.3 Å². The van der Waals surface area contributed by atoms with E-state index in [1.807, 2.05) is 0 Å². The quantitative estimate of drug-likeness (QED) is 0.820. The van der Waals surface area contributed by atoms with Crippen molar-refractivity contribution in [2.75, 3.05) is 11.6 Å². The van der Waals surface area contributed by atoms with Gasteiger partial charge in [-0.15, -0.1) is 0 Å². The molecular formula is C12H12N2O4S. The fraction of sp³-hybridized carbons (Fsp3) is 0.250. The minimum absolute atomic E-state index is 0.119. The Balaban J connectivity index is 2.88. The topological polar surface area (TPSA) is 104 Å². The molecule has 7 heteroatoms. The summed E-state index contributed by atoms with van der Waals surface area (Å²) in [6.45, 7) is 1.15. The summed E-state index contributed by atoms with van der Waals surface area (Å²) in [7, 11) is -3.30. The fourth-order valence-corrected chi connectivity index (χ4v) is 1.96. The molecule has 0 aliphatic heterocycles. The smallest absolute Gasteiger partial charge is 0.249 e. The number of hydrogen-bond acceptors (Lipinski definition) is 5. The monoisotopic (exact) mass is 280 g/mol. The maximum Gasteiger partial charge on any atom is 0.249 e. The van der Waals surface area contributed by atoms with Gasteiger partial charge in [0.1, 0.15) is 0 Å². The number of carbonyl (C=O) groups is 2. The van der Waals surface area contributed by atoms with Crippen LogP contribution in [0.4, 0.5) is 5.69 Å². The van der Waals surface area contributed by atoms with Crippen LogP contribution in [0.1, 0.15) is 6.92 Å². The van der Waals surface area contributed by atoms with Crippen LogP contribution in [0, 0.1) is 17.2 Å². The van der Waals surface area contributed by atoms with Crippen LogP contribution in [0.25, 0.3) is 0 Å². The van der Waals surface area contributed by atoms with Crippen molar-refractivity contribution in [2.45, 2.75) is 11.8 Å². The molecule has 0 radical (unpaired) electrons. The molecule has 100 valence electrons. The molecule has 1 aromatic carbocycles. The summed E-state index contributed by atoms with van der Waals surface area (Å²) in [5, 5.41) is 11.1. The summed E-state index contributed by atoms with van der Waals surface area (Å²) in [4.78, 5) is 22.7. The Hall–Kier alpha value is -2.20. The molecule has 0 saturated carbocycles. The molecule has 19 heavy (non-hydrogen) atoms. The summed E-state index contributed by atoms with van der Waals surface area (Å²) < 4.78 is 22.5. The fourth-order valence-electron chi connectivity index (χ4n) is 1.33. The van der Waals surface area contributed by atoms with Gasteiger partial charge in [0.2, 0.25) is 5.91 Å². The van der Waals surface area contributed by atoms with Gasteiger partial charge in [0.15, 0.2) is 21.5 Å². The summed E-state index contributed by atoms with van der Waals surface area (Å²) in [5.74, 6) is -2.65. The highest BCUT2D eigenvalue weighted by atomic mass is 32.2. The zero-order chi connectivity index (χ0) is 14.6. The first kappa shape index (κ1) is 14.9. The minimum Gasteiger partial charge on any atom is -0.325 e. The normalized spacial score (nSPS) is 12.3. The third-order valence-electron chi connectivity index (χ3n) is 2.35. The van der Waals surface area contributed by atoms with Gasteiger partial charge in [-0.25, -0.2) is 8.42 Å². The Morgan fingerprint density at radius 1 is 1.26 bits per heavy atom. The van der Waals surface area contributed by atoms with Gasteiger partial charge in [-0.05, 0) is 31.2 Å². The molecule has 6 nitrogen and oxygen atoms in total. The van der Waals surface area contributed by atoms with Gasteiger partial charge >= 0.3 is 0 Å². The first-order valence-corrected chi connectivity index (χ1v) is 7.16. The maximum atomic E-state index is 11.6. The second-order valence-electron chi connectivity index (χ2n) is 3.96. The van der Waals surface area contributed by atoms with E-state index >= 15 is 0 Å². The van der Waals surface area contributed by atoms with Crippen molar-refractivity contribution in [1.82, 2.24) is 0 Å². The number of sulfone groups is 1. The highest BCUT2D eigenvalue weighted by Crippen LogP contribution is 2.14. The second kappa shape index (κ2) is 5.63. The molecule has 0 spiro atoms. The molecule has 0 bridgehead atoms. The van der Waals surface area contributed by atoms with Crippen LogP contribution in [0.2, 0.25) is 0 Å². The average Bonchev–Trinajstić information content (AvgIpc) is 2.28. The van der Waals surface area contributed by atoms with E-state index in [0.29, 0.717) is 5.69 Å². The zero-order valence-corrected chi connectivity index (χ0v) is 11.2. The molecule has 1 N–H and O–H groups in total. The van der Waals surface area contributed by atoms with E-state index in [2.05, 4.69) is 5.32 Å². The molecule has 0 fully saturated rings. The van der Waals surface area contributed by atoms with Gasteiger partial charge in [-0.1, -0.05) is 0 Å². The molecular weight excluding hydrogens is 268 g/mol. The lowest BCUT2D eigenvalue weighted by Gasteiger charge is -2.08. The van der Waals surface area contributed by atoms with E-state index in [9.17, 15) is 18.0 Å². The van der Waals surface area contributed by atoms with Crippen molar-refractivity contribution < 1.29 is 18.0 Å². The van der Waals surface area contributed by atoms with Crippen molar-refractivity contribution in [3.05, 3.63) is 24.3 Å². The number of nitrogens with zero attached hydrogens (tertiary/aromatic N) is 1. The molecule has 1 unspecified atom stereocenters. The largest absolute Gasteiger partial charge is 0.325 e. The third-order valence-corrected chi connectivity index (χ3v) is 3.48. The van der Waals surface area contributed by atoms with Gasteiger partial charge in [-0.3, -0.25) is 9.59 Å². The number of Topliss-reactive ketones (excluding diaryl/α,β-unsaturated/α-hetero) is 1. The highest BCUT2D eigenvalue weighted by Gasteiger charge is 2.22. The molecule has 0 aromatic heterocycles. The first-order valence-electron chi connectivity index (χ1n) is 5.26. The molecule has 0 aliphatic rings. The Labute approximate surface area is 111 Å². The minimum atomic E-state index is -3.30. The number of nitriles is 1. The predicted octanol–water partition coefficient (Wildman–Crippen LogP) is 0.757. The zero-order valence-electron chi connectivity index (χ0n) is 10.4. The van der Waals surface area contributed by atoms with Crippen LogP contribution in [-0.2, 0) is 19.4 Å². The van der Waals surface area contributed by atoms with E-state index in [-0.39, 0.29) is 4.90 Å². The van der Waals surface area contributed by atoms with Crippen molar-refractivity contribution in [1.29, 1.82) is 5.26 Å². The van der Waals surface area contributed by atoms with Crippen LogP contribution < -0.4 is 5.32 Å². The number of hydrogen-bond donors (Lipinski definition) is 1. The van der Waals surface area contributed by atoms with Crippen molar-refractivity contribution in [3.63, 3.8) is 0 Å². The Morgan fingerprint density at radius 3 is 2.16 bits per heavy atom. The van der Waals surface area contributed by atoms with Gasteiger partial charge < -0.3 is 5.32 Å². The van der Waals surface area contributed by atoms with E-state index < -0.39 is 27.4 Å². The molecule has 1 aromatic rings. The van der Waals surface area contributed by atoms with Crippen LogP contribution in [0.5, 0.6) is 0 Å². The van der Waals surface area contributed by atoms with E-state index in [1.54, 1.807) is 6.07 Å².